The first-order chi connectivity index (χ1) is 9.54. The van der Waals surface area contributed by atoms with Crippen molar-refractivity contribution in [3.63, 3.8) is 0 Å². The molecule has 100 valence electrons. The number of benzene rings is 1. The largest absolute Gasteiger partial charge is 0.476 e. The van der Waals surface area contributed by atoms with E-state index < -0.39 is 5.97 Å². The molecule has 0 aliphatic heterocycles. The predicted octanol–water partition coefficient (Wildman–Crippen LogP) is 3.66. The van der Waals surface area contributed by atoms with E-state index in [1.54, 1.807) is 4.40 Å². The standard InChI is InChI=1S/C15H11ClN2O2/c1-9-6-14-17-13(15(19)20)8-18(14)7-12(9)10-2-4-11(16)5-3-10/h2-8H,1H3,(H,19,20). The molecular formula is C15H11ClN2O2. The van der Waals surface area contributed by atoms with Gasteiger partial charge in [0.2, 0.25) is 0 Å². The Hall–Kier alpha value is -2.33. The van der Waals surface area contributed by atoms with Crippen LogP contribution in [-0.4, -0.2) is 20.5 Å². The minimum absolute atomic E-state index is 0.0395. The van der Waals surface area contributed by atoms with Crippen LogP contribution in [0, 0.1) is 6.92 Å². The SMILES string of the molecule is Cc1cc2nc(C(=O)O)cn2cc1-c1ccc(Cl)cc1. The molecule has 0 saturated carbocycles. The van der Waals surface area contributed by atoms with Crippen LogP contribution in [0.15, 0.2) is 42.7 Å². The predicted molar refractivity (Wildman–Crippen MR) is 77.3 cm³/mol. The summed E-state index contributed by atoms with van der Waals surface area (Å²) in [6.45, 7) is 1.97. The molecule has 0 aliphatic rings. The van der Waals surface area contributed by atoms with Crippen molar-refractivity contribution in [2.24, 2.45) is 0 Å². The highest BCUT2D eigenvalue weighted by Gasteiger charge is 2.11. The van der Waals surface area contributed by atoms with Crippen molar-refractivity contribution in [2.45, 2.75) is 6.92 Å². The van der Waals surface area contributed by atoms with E-state index in [9.17, 15) is 4.79 Å². The molecule has 3 rings (SSSR count). The lowest BCUT2D eigenvalue weighted by molar-refractivity contribution is 0.0691. The van der Waals surface area contributed by atoms with E-state index in [0.29, 0.717) is 10.7 Å². The zero-order valence-corrected chi connectivity index (χ0v) is 11.4. The second-order valence-electron chi connectivity index (χ2n) is 4.57. The summed E-state index contributed by atoms with van der Waals surface area (Å²) < 4.78 is 1.72. The van der Waals surface area contributed by atoms with E-state index in [2.05, 4.69) is 4.98 Å². The van der Waals surface area contributed by atoms with Gasteiger partial charge in [0.25, 0.3) is 0 Å². The van der Waals surface area contributed by atoms with E-state index in [1.807, 2.05) is 43.5 Å². The van der Waals surface area contributed by atoms with Crippen LogP contribution >= 0.6 is 11.6 Å². The molecule has 4 nitrogen and oxygen atoms in total. The average molecular weight is 287 g/mol. The first-order valence-corrected chi connectivity index (χ1v) is 6.41. The number of carboxylic acids is 1. The fourth-order valence-electron chi connectivity index (χ4n) is 2.17. The lowest BCUT2D eigenvalue weighted by atomic mass is 10.0. The topological polar surface area (TPSA) is 54.6 Å². The van der Waals surface area contributed by atoms with Gasteiger partial charge in [-0.15, -0.1) is 0 Å². The van der Waals surface area contributed by atoms with Crippen LogP contribution in [0.5, 0.6) is 0 Å². The van der Waals surface area contributed by atoms with Crippen molar-refractivity contribution in [3.05, 3.63) is 59.0 Å². The third-order valence-electron chi connectivity index (χ3n) is 3.17. The molecule has 5 heteroatoms. The lowest BCUT2D eigenvalue weighted by Gasteiger charge is -2.07. The first kappa shape index (κ1) is 12.7. The third-order valence-corrected chi connectivity index (χ3v) is 3.43. The molecule has 0 amide bonds. The molecule has 0 bridgehead atoms. The van der Waals surface area contributed by atoms with Gasteiger partial charge >= 0.3 is 5.97 Å². The minimum atomic E-state index is -1.03. The Kier molecular flexibility index (Phi) is 2.95. The number of hydrogen-bond acceptors (Lipinski definition) is 2. The molecule has 0 unspecified atom stereocenters. The molecule has 0 fully saturated rings. The maximum absolute atomic E-state index is 11.0. The van der Waals surface area contributed by atoms with Crippen molar-refractivity contribution in [1.29, 1.82) is 0 Å². The molecule has 0 radical (unpaired) electrons. The Morgan fingerprint density at radius 1 is 1.25 bits per heavy atom. The van der Waals surface area contributed by atoms with Crippen LogP contribution in [-0.2, 0) is 0 Å². The third kappa shape index (κ3) is 2.14. The monoisotopic (exact) mass is 286 g/mol. The summed E-state index contributed by atoms with van der Waals surface area (Å²) in [4.78, 5) is 15.0. The van der Waals surface area contributed by atoms with Gasteiger partial charge in [0.15, 0.2) is 5.69 Å². The fourth-order valence-corrected chi connectivity index (χ4v) is 2.29. The molecule has 20 heavy (non-hydrogen) atoms. The van der Waals surface area contributed by atoms with E-state index in [0.717, 1.165) is 16.7 Å². The number of halogens is 1. The summed E-state index contributed by atoms with van der Waals surface area (Å²) in [5.74, 6) is -1.03. The van der Waals surface area contributed by atoms with Gasteiger partial charge in [-0.1, -0.05) is 23.7 Å². The number of fused-ring (bicyclic) bond motifs is 1. The zero-order valence-electron chi connectivity index (χ0n) is 10.7. The Balaban J connectivity index is 2.18. The highest BCUT2D eigenvalue weighted by atomic mass is 35.5. The Bertz CT molecular complexity index is 807. The van der Waals surface area contributed by atoms with Gasteiger partial charge in [0, 0.05) is 23.0 Å². The van der Waals surface area contributed by atoms with E-state index >= 15 is 0 Å². The molecule has 2 aromatic heterocycles. The smallest absolute Gasteiger partial charge is 0.356 e. The highest BCUT2D eigenvalue weighted by molar-refractivity contribution is 6.30. The maximum atomic E-state index is 11.0. The lowest BCUT2D eigenvalue weighted by Crippen LogP contribution is -1.94. The summed E-state index contributed by atoms with van der Waals surface area (Å²) >= 11 is 5.89. The van der Waals surface area contributed by atoms with Crippen molar-refractivity contribution < 1.29 is 9.90 Å². The molecule has 1 N–H and O–H groups in total. The Morgan fingerprint density at radius 3 is 2.60 bits per heavy atom. The number of pyridine rings is 1. The molecular weight excluding hydrogens is 276 g/mol. The van der Waals surface area contributed by atoms with Crippen LogP contribution in [0.2, 0.25) is 5.02 Å². The molecule has 1 aromatic carbocycles. The van der Waals surface area contributed by atoms with Gasteiger partial charge in [-0.25, -0.2) is 9.78 Å². The van der Waals surface area contributed by atoms with Gasteiger partial charge in [0.1, 0.15) is 5.65 Å². The van der Waals surface area contributed by atoms with Gasteiger partial charge in [-0.05, 0) is 36.2 Å². The van der Waals surface area contributed by atoms with E-state index in [-0.39, 0.29) is 5.69 Å². The second-order valence-corrected chi connectivity index (χ2v) is 5.01. The number of imidazole rings is 1. The Labute approximate surface area is 120 Å². The van der Waals surface area contributed by atoms with E-state index in [1.165, 1.54) is 6.20 Å². The molecule has 0 spiro atoms. The zero-order chi connectivity index (χ0) is 14.3. The van der Waals surface area contributed by atoms with Crippen molar-refractivity contribution in [3.8, 4) is 11.1 Å². The van der Waals surface area contributed by atoms with Crippen LogP contribution < -0.4 is 0 Å². The maximum Gasteiger partial charge on any atom is 0.356 e. The van der Waals surface area contributed by atoms with Gasteiger partial charge in [-0.3, -0.25) is 0 Å². The summed E-state index contributed by atoms with van der Waals surface area (Å²) in [5, 5.41) is 9.67. The van der Waals surface area contributed by atoms with Crippen LogP contribution in [0.3, 0.4) is 0 Å². The highest BCUT2D eigenvalue weighted by Crippen LogP contribution is 2.26. The average Bonchev–Trinajstić information content (AvgIpc) is 2.82. The number of rotatable bonds is 2. The summed E-state index contributed by atoms with van der Waals surface area (Å²) in [7, 11) is 0. The first-order valence-electron chi connectivity index (χ1n) is 6.03. The second kappa shape index (κ2) is 4.65. The van der Waals surface area contributed by atoms with Gasteiger partial charge in [0.05, 0.1) is 0 Å². The minimum Gasteiger partial charge on any atom is -0.476 e. The Morgan fingerprint density at radius 2 is 1.95 bits per heavy atom. The number of aromatic nitrogens is 2. The normalized spacial score (nSPS) is 10.9. The molecule has 3 aromatic rings. The number of aromatic carboxylic acids is 1. The van der Waals surface area contributed by atoms with Gasteiger partial charge < -0.3 is 9.51 Å². The van der Waals surface area contributed by atoms with Gasteiger partial charge in [-0.2, -0.15) is 0 Å². The molecule has 0 saturated heterocycles. The number of carboxylic acid groups (broad SMARTS) is 1. The number of carbonyl (C=O) groups is 1. The number of aryl methyl sites for hydroxylation is 1. The number of nitrogens with zero attached hydrogens (tertiary/aromatic N) is 2. The van der Waals surface area contributed by atoms with Crippen LogP contribution in [0.25, 0.3) is 16.8 Å². The summed E-state index contributed by atoms with van der Waals surface area (Å²) in [5.41, 5.74) is 3.74. The molecule has 0 aliphatic carbocycles. The number of hydrogen-bond donors (Lipinski definition) is 1. The van der Waals surface area contributed by atoms with Crippen molar-refractivity contribution >= 4 is 23.2 Å². The molecule has 0 atom stereocenters. The van der Waals surface area contributed by atoms with Crippen LogP contribution in [0.4, 0.5) is 0 Å². The fraction of sp³-hybridized carbons (Fsp3) is 0.0667. The quantitative estimate of drug-likeness (QED) is 0.782. The van der Waals surface area contributed by atoms with Crippen molar-refractivity contribution in [2.75, 3.05) is 0 Å². The summed E-state index contributed by atoms with van der Waals surface area (Å²) in [6, 6.07) is 9.40. The summed E-state index contributed by atoms with van der Waals surface area (Å²) in [6.07, 6.45) is 3.39. The molecule has 2 heterocycles. The van der Waals surface area contributed by atoms with E-state index in [4.69, 9.17) is 16.7 Å². The van der Waals surface area contributed by atoms with Crippen LogP contribution in [0.1, 0.15) is 16.1 Å². The van der Waals surface area contributed by atoms with Crippen molar-refractivity contribution in [1.82, 2.24) is 9.38 Å².